The molecule has 4 aromatic carbocycles. The molecule has 3 heteroatoms. The van der Waals surface area contributed by atoms with Crippen LogP contribution in [0.15, 0.2) is 84.9 Å². The van der Waals surface area contributed by atoms with Crippen molar-refractivity contribution in [1.82, 2.24) is 0 Å². The minimum Gasteiger partial charge on any atom is -0.337 e. The number of fused-ring (bicyclic) bond motifs is 2. The molecule has 2 nitrogen and oxygen atoms in total. The van der Waals surface area contributed by atoms with Gasteiger partial charge in [-0.25, -0.2) is 0 Å². The van der Waals surface area contributed by atoms with Crippen LogP contribution in [0.4, 0.5) is 11.4 Å². The number of anilines is 2. The highest BCUT2D eigenvalue weighted by atomic mass is 31.1. The van der Waals surface area contributed by atoms with Crippen LogP contribution < -0.4 is 9.34 Å². The van der Waals surface area contributed by atoms with Crippen LogP contribution in [0.1, 0.15) is 40.0 Å². The van der Waals surface area contributed by atoms with Crippen molar-refractivity contribution in [2.75, 3.05) is 23.4 Å². The molecule has 4 aromatic rings. The van der Waals surface area contributed by atoms with Crippen molar-refractivity contribution in [2.24, 2.45) is 17.8 Å². The Balaban J connectivity index is 1.59. The average Bonchev–Trinajstić information content (AvgIpc) is 2.88. The van der Waals surface area contributed by atoms with Gasteiger partial charge in [-0.2, -0.15) is 0 Å². The Morgan fingerprint density at radius 3 is 1.66 bits per heavy atom. The van der Waals surface area contributed by atoms with Crippen LogP contribution in [0.5, 0.6) is 0 Å². The Hall–Kier alpha value is -2.57. The molecule has 0 heterocycles. The molecular weight excluding hydrogens is 443 g/mol. The molecule has 3 unspecified atom stereocenters. The maximum Gasteiger partial charge on any atom is 0.0981 e. The van der Waals surface area contributed by atoms with Gasteiger partial charge in [0, 0.05) is 31.1 Å². The van der Waals surface area contributed by atoms with E-state index in [-0.39, 0.29) is 0 Å². The highest BCUT2D eigenvalue weighted by Gasteiger charge is 2.40. The van der Waals surface area contributed by atoms with Crippen LogP contribution in [0.2, 0.25) is 0 Å². The Bertz CT molecular complexity index is 1210. The lowest BCUT2D eigenvalue weighted by Gasteiger charge is -2.48. The van der Waals surface area contributed by atoms with Gasteiger partial charge in [-0.05, 0) is 76.4 Å². The van der Waals surface area contributed by atoms with E-state index in [0.29, 0.717) is 11.6 Å². The lowest BCUT2D eigenvalue weighted by molar-refractivity contribution is 0.240. The first-order valence-electron chi connectivity index (χ1n) is 13.2. The molecule has 0 aliphatic heterocycles. The Morgan fingerprint density at radius 2 is 1.17 bits per heavy atom. The Morgan fingerprint density at radius 1 is 0.686 bits per heavy atom. The van der Waals surface area contributed by atoms with Gasteiger partial charge in [0.05, 0.1) is 8.22 Å². The summed E-state index contributed by atoms with van der Waals surface area (Å²) in [4.78, 5) is 0. The molecule has 0 amide bonds. The largest absolute Gasteiger partial charge is 0.337 e. The lowest BCUT2D eigenvalue weighted by atomic mass is 9.77. The second kappa shape index (κ2) is 10.2. The van der Waals surface area contributed by atoms with E-state index in [1.54, 1.807) is 0 Å². The zero-order chi connectivity index (χ0) is 24.5. The summed E-state index contributed by atoms with van der Waals surface area (Å²) in [7, 11) is 4.08. The molecule has 1 aliphatic rings. The van der Waals surface area contributed by atoms with Gasteiger partial charge in [0.2, 0.25) is 0 Å². The van der Waals surface area contributed by atoms with Gasteiger partial charge in [-0.15, -0.1) is 0 Å². The Kier molecular flexibility index (Phi) is 7.03. The van der Waals surface area contributed by atoms with Crippen LogP contribution >= 0.6 is 8.22 Å². The average molecular weight is 483 g/mol. The standard InChI is InChI=1S/C32H39N2P/c1-23(2)31-19-14-24(3)20-32(31)35(33(4)29-17-15-25-10-6-8-12-27(25)21-29)34(5)30-18-16-26-11-7-9-13-28(26)22-30/h6-13,15-18,21-24,31-32H,14,19-20H2,1-5H3. The van der Waals surface area contributed by atoms with Gasteiger partial charge in [0.15, 0.2) is 0 Å². The van der Waals surface area contributed by atoms with Crippen LogP contribution in [-0.4, -0.2) is 19.8 Å². The predicted octanol–water partition coefficient (Wildman–Crippen LogP) is 9.34. The first kappa shape index (κ1) is 24.1. The van der Waals surface area contributed by atoms with E-state index < -0.39 is 8.22 Å². The zero-order valence-corrected chi connectivity index (χ0v) is 22.7. The van der Waals surface area contributed by atoms with Crippen molar-refractivity contribution < 1.29 is 0 Å². The zero-order valence-electron chi connectivity index (χ0n) is 21.9. The second-order valence-electron chi connectivity index (χ2n) is 10.8. The molecule has 0 spiro atoms. The van der Waals surface area contributed by atoms with E-state index >= 15 is 0 Å². The van der Waals surface area contributed by atoms with Crippen LogP contribution in [0, 0.1) is 17.8 Å². The quantitative estimate of drug-likeness (QED) is 0.253. The number of rotatable bonds is 6. The lowest BCUT2D eigenvalue weighted by Crippen LogP contribution is -2.39. The molecule has 0 saturated heterocycles. The molecule has 0 bridgehead atoms. The van der Waals surface area contributed by atoms with Gasteiger partial charge >= 0.3 is 0 Å². The number of hydrogen-bond donors (Lipinski definition) is 0. The fraction of sp³-hybridized carbons (Fsp3) is 0.375. The van der Waals surface area contributed by atoms with E-state index in [1.165, 1.54) is 52.2 Å². The van der Waals surface area contributed by atoms with Gasteiger partial charge in [-0.3, -0.25) is 0 Å². The third-order valence-electron chi connectivity index (χ3n) is 8.11. The molecule has 1 saturated carbocycles. The third-order valence-corrected chi connectivity index (χ3v) is 11.0. The molecule has 1 aliphatic carbocycles. The van der Waals surface area contributed by atoms with Crippen LogP contribution in [-0.2, 0) is 0 Å². The van der Waals surface area contributed by atoms with E-state index in [4.69, 9.17) is 0 Å². The summed E-state index contributed by atoms with van der Waals surface area (Å²) >= 11 is 0. The monoisotopic (exact) mass is 482 g/mol. The summed E-state index contributed by atoms with van der Waals surface area (Å²) in [5.74, 6) is 2.24. The number of nitrogens with zero attached hydrogens (tertiary/aromatic N) is 2. The van der Waals surface area contributed by atoms with Crippen molar-refractivity contribution in [3.8, 4) is 0 Å². The fourth-order valence-electron chi connectivity index (χ4n) is 6.06. The smallest absolute Gasteiger partial charge is 0.0981 e. The molecule has 5 rings (SSSR count). The fourth-order valence-corrected chi connectivity index (χ4v) is 9.45. The van der Waals surface area contributed by atoms with E-state index in [0.717, 1.165) is 11.8 Å². The topological polar surface area (TPSA) is 6.48 Å². The second-order valence-corrected chi connectivity index (χ2v) is 13.3. The minimum absolute atomic E-state index is 0.596. The van der Waals surface area contributed by atoms with E-state index in [9.17, 15) is 0 Å². The van der Waals surface area contributed by atoms with Crippen LogP contribution in [0.25, 0.3) is 21.5 Å². The molecule has 182 valence electrons. The van der Waals surface area contributed by atoms with Crippen molar-refractivity contribution >= 4 is 41.1 Å². The van der Waals surface area contributed by atoms with E-state index in [2.05, 4.69) is 129 Å². The highest BCUT2D eigenvalue weighted by molar-refractivity contribution is 7.61. The maximum atomic E-state index is 2.62. The summed E-state index contributed by atoms with van der Waals surface area (Å²) in [6, 6.07) is 31.4. The summed E-state index contributed by atoms with van der Waals surface area (Å²) in [5, 5.41) is 5.25. The van der Waals surface area contributed by atoms with Crippen molar-refractivity contribution in [2.45, 2.75) is 45.7 Å². The van der Waals surface area contributed by atoms with E-state index in [1.807, 2.05) is 0 Å². The molecular formula is C32H39N2P. The SMILES string of the molecule is CC1CCC(C(C)C)C(P(N(C)c2ccc3ccccc3c2)N(C)c2ccc3ccccc3c2)C1. The van der Waals surface area contributed by atoms with Crippen molar-refractivity contribution in [3.05, 3.63) is 84.9 Å². The van der Waals surface area contributed by atoms with Crippen molar-refractivity contribution in [3.63, 3.8) is 0 Å². The third kappa shape index (κ3) is 4.91. The maximum absolute atomic E-state index is 2.62. The van der Waals surface area contributed by atoms with Crippen molar-refractivity contribution in [1.29, 1.82) is 0 Å². The van der Waals surface area contributed by atoms with Gasteiger partial charge in [-0.1, -0.05) is 87.9 Å². The molecule has 3 atom stereocenters. The van der Waals surface area contributed by atoms with Gasteiger partial charge in [0.25, 0.3) is 0 Å². The summed E-state index contributed by atoms with van der Waals surface area (Å²) in [6.45, 7) is 7.34. The summed E-state index contributed by atoms with van der Waals surface area (Å²) < 4.78 is 5.24. The summed E-state index contributed by atoms with van der Waals surface area (Å²) in [5.41, 5.74) is 3.31. The van der Waals surface area contributed by atoms with Crippen LogP contribution in [0.3, 0.4) is 0 Å². The molecule has 1 fully saturated rings. The first-order valence-corrected chi connectivity index (χ1v) is 14.5. The molecule has 35 heavy (non-hydrogen) atoms. The first-order chi connectivity index (χ1) is 16.9. The Labute approximate surface area is 212 Å². The highest BCUT2D eigenvalue weighted by Crippen LogP contribution is 2.59. The minimum atomic E-state index is -0.596. The molecule has 0 radical (unpaired) electrons. The number of benzene rings is 4. The molecule has 0 aromatic heterocycles. The van der Waals surface area contributed by atoms with Gasteiger partial charge < -0.3 is 9.34 Å². The predicted molar refractivity (Wildman–Crippen MR) is 157 cm³/mol. The normalized spacial score (nSPS) is 20.6. The summed E-state index contributed by atoms with van der Waals surface area (Å²) in [6.07, 6.45) is 4.02. The van der Waals surface area contributed by atoms with Gasteiger partial charge in [0.1, 0.15) is 0 Å². The number of hydrogen-bond acceptors (Lipinski definition) is 2. The molecule has 0 N–H and O–H groups in total.